The molecule has 1 aliphatic rings. The number of hydrogen-bond donors (Lipinski definition) is 0. The van der Waals surface area contributed by atoms with E-state index in [1.54, 1.807) is 16.4 Å². The van der Waals surface area contributed by atoms with E-state index in [1.807, 2.05) is 13.0 Å². The number of rotatable bonds is 5. The highest BCUT2D eigenvalue weighted by Gasteiger charge is 2.31. The van der Waals surface area contributed by atoms with Crippen molar-refractivity contribution in [3.63, 3.8) is 0 Å². The summed E-state index contributed by atoms with van der Waals surface area (Å²) in [5.41, 5.74) is 3.35. The summed E-state index contributed by atoms with van der Waals surface area (Å²) in [6.07, 6.45) is 0.785. The third-order valence-corrected chi connectivity index (χ3v) is 6.81. The number of methoxy groups -OCH3 is 1. The van der Waals surface area contributed by atoms with Crippen LogP contribution in [0.15, 0.2) is 47.4 Å². The minimum Gasteiger partial charge on any atom is -0.495 e. The van der Waals surface area contributed by atoms with Crippen LogP contribution in [0.4, 0.5) is 5.69 Å². The number of hydrogen-bond acceptors (Lipinski definition) is 4. The monoisotopic (exact) mass is 374 g/mol. The average Bonchev–Trinajstić information content (AvgIpc) is 2.68. The van der Waals surface area contributed by atoms with Crippen LogP contribution in [0.3, 0.4) is 0 Å². The predicted molar refractivity (Wildman–Crippen MR) is 105 cm³/mol. The first-order chi connectivity index (χ1) is 12.5. The fourth-order valence-corrected chi connectivity index (χ4v) is 4.85. The van der Waals surface area contributed by atoms with Crippen molar-refractivity contribution in [1.29, 1.82) is 0 Å². The number of aryl methyl sites for hydroxylation is 2. The number of sulfonamides is 1. The summed E-state index contributed by atoms with van der Waals surface area (Å²) < 4.78 is 33.2. The van der Waals surface area contributed by atoms with Gasteiger partial charge in [-0.15, -0.1) is 0 Å². The fourth-order valence-electron chi connectivity index (χ4n) is 3.22. The third-order valence-electron chi connectivity index (χ3n) is 4.89. The third kappa shape index (κ3) is 3.71. The predicted octanol–water partition coefficient (Wildman–Crippen LogP) is 3.08. The van der Waals surface area contributed by atoms with Crippen molar-refractivity contribution in [2.45, 2.75) is 25.2 Å². The van der Waals surface area contributed by atoms with E-state index < -0.39 is 10.0 Å². The zero-order valence-electron chi connectivity index (χ0n) is 15.6. The highest BCUT2D eigenvalue weighted by molar-refractivity contribution is 7.89. The molecule has 1 aliphatic heterocycles. The van der Waals surface area contributed by atoms with Crippen LogP contribution in [0.1, 0.15) is 18.1 Å². The van der Waals surface area contributed by atoms with Gasteiger partial charge in [0.05, 0.1) is 7.11 Å². The minimum atomic E-state index is -3.57. The SMILES string of the molecule is CCc1ccc(OC)c(S(=O)(=O)N2CCN(c3ccc(C)cc3)CC2)c1. The molecule has 2 aromatic rings. The number of anilines is 1. The largest absolute Gasteiger partial charge is 0.495 e. The lowest BCUT2D eigenvalue weighted by atomic mass is 10.2. The van der Waals surface area contributed by atoms with Gasteiger partial charge in [-0.1, -0.05) is 30.7 Å². The Kier molecular flexibility index (Phi) is 5.53. The van der Waals surface area contributed by atoms with Crippen LogP contribution in [0.5, 0.6) is 5.75 Å². The first-order valence-electron chi connectivity index (χ1n) is 8.94. The molecule has 6 heteroatoms. The summed E-state index contributed by atoms with van der Waals surface area (Å²) >= 11 is 0. The lowest BCUT2D eigenvalue weighted by Gasteiger charge is -2.35. The Balaban J connectivity index is 1.79. The van der Waals surface area contributed by atoms with E-state index in [1.165, 1.54) is 12.7 Å². The molecule has 0 radical (unpaired) electrons. The first kappa shape index (κ1) is 18.7. The van der Waals surface area contributed by atoms with Crippen LogP contribution in [-0.4, -0.2) is 46.0 Å². The van der Waals surface area contributed by atoms with E-state index in [4.69, 9.17) is 4.74 Å². The molecule has 1 saturated heterocycles. The lowest BCUT2D eigenvalue weighted by Crippen LogP contribution is -2.48. The minimum absolute atomic E-state index is 0.267. The topological polar surface area (TPSA) is 49.9 Å². The first-order valence-corrected chi connectivity index (χ1v) is 10.4. The normalized spacial score (nSPS) is 15.9. The van der Waals surface area contributed by atoms with Gasteiger partial charge in [-0.05, 0) is 43.2 Å². The van der Waals surface area contributed by atoms with E-state index in [9.17, 15) is 8.42 Å². The van der Waals surface area contributed by atoms with Gasteiger partial charge in [0.1, 0.15) is 10.6 Å². The number of benzene rings is 2. The highest BCUT2D eigenvalue weighted by Crippen LogP contribution is 2.29. The molecular formula is C20H26N2O3S. The number of nitrogens with zero attached hydrogens (tertiary/aromatic N) is 2. The molecule has 0 saturated carbocycles. The summed E-state index contributed by atoms with van der Waals surface area (Å²) in [6, 6.07) is 13.7. The molecule has 0 N–H and O–H groups in total. The van der Waals surface area contributed by atoms with Crippen molar-refractivity contribution >= 4 is 15.7 Å². The summed E-state index contributed by atoms with van der Waals surface area (Å²) in [6.45, 7) is 6.37. The van der Waals surface area contributed by atoms with Gasteiger partial charge >= 0.3 is 0 Å². The summed E-state index contributed by atoms with van der Waals surface area (Å²) in [5.74, 6) is 0.406. The molecule has 1 fully saturated rings. The van der Waals surface area contributed by atoms with Crippen LogP contribution in [0.2, 0.25) is 0 Å². The van der Waals surface area contributed by atoms with Crippen molar-refractivity contribution in [1.82, 2.24) is 4.31 Å². The molecule has 0 aliphatic carbocycles. The highest BCUT2D eigenvalue weighted by atomic mass is 32.2. The molecule has 0 bridgehead atoms. The Morgan fingerprint density at radius 2 is 1.65 bits per heavy atom. The Labute approximate surface area is 156 Å². The molecule has 2 aromatic carbocycles. The van der Waals surface area contributed by atoms with Gasteiger partial charge in [-0.3, -0.25) is 0 Å². The van der Waals surface area contributed by atoms with Gasteiger partial charge in [0.15, 0.2) is 0 Å². The Hall–Kier alpha value is -2.05. The van der Waals surface area contributed by atoms with E-state index in [2.05, 4.69) is 36.1 Å². The zero-order valence-corrected chi connectivity index (χ0v) is 16.4. The van der Waals surface area contributed by atoms with Crippen molar-refractivity contribution in [2.24, 2.45) is 0 Å². The Morgan fingerprint density at radius 3 is 2.23 bits per heavy atom. The van der Waals surface area contributed by atoms with Crippen molar-refractivity contribution in [2.75, 3.05) is 38.2 Å². The second-order valence-electron chi connectivity index (χ2n) is 6.57. The van der Waals surface area contributed by atoms with Gasteiger partial charge in [-0.2, -0.15) is 4.31 Å². The Bertz CT molecular complexity index is 855. The summed E-state index contributed by atoms with van der Waals surface area (Å²) in [7, 11) is -2.06. The second-order valence-corrected chi connectivity index (χ2v) is 8.47. The molecule has 26 heavy (non-hydrogen) atoms. The van der Waals surface area contributed by atoms with Crippen molar-refractivity contribution in [3.8, 4) is 5.75 Å². The number of ether oxygens (including phenoxy) is 1. The maximum absolute atomic E-state index is 13.2. The number of piperazine rings is 1. The molecule has 0 aromatic heterocycles. The van der Waals surface area contributed by atoms with Gasteiger partial charge in [0.25, 0.3) is 0 Å². The molecule has 1 heterocycles. The van der Waals surface area contributed by atoms with Gasteiger partial charge in [-0.25, -0.2) is 8.42 Å². The lowest BCUT2D eigenvalue weighted by molar-refractivity contribution is 0.374. The molecule has 140 valence electrons. The molecule has 5 nitrogen and oxygen atoms in total. The van der Waals surface area contributed by atoms with Crippen LogP contribution in [0.25, 0.3) is 0 Å². The molecule has 0 spiro atoms. The maximum Gasteiger partial charge on any atom is 0.246 e. The quantitative estimate of drug-likeness (QED) is 0.807. The van der Waals surface area contributed by atoms with Crippen LogP contribution < -0.4 is 9.64 Å². The van der Waals surface area contributed by atoms with Crippen LogP contribution in [0, 0.1) is 6.92 Å². The van der Waals surface area contributed by atoms with Gasteiger partial charge < -0.3 is 9.64 Å². The maximum atomic E-state index is 13.2. The zero-order chi connectivity index (χ0) is 18.7. The summed E-state index contributed by atoms with van der Waals surface area (Å²) in [4.78, 5) is 2.49. The average molecular weight is 375 g/mol. The molecular weight excluding hydrogens is 348 g/mol. The van der Waals surface area contributed by atoms with E-state index in [-0.39, 0.29) is 4.90 Å². The van der Waals surface area contributed by atoms with E-state index in [0.29, 0.717) is 31.9 Å². The van der Waals surface area contributed by atoms with Crippen molar-refractivity contribution < 1.29 is 13.2 Å². The van der Waals surface area contributed by atoms with Gasteiger partial charge in [0, 0.05) is 31.9 Å². The summed E-state index contributed by atoms with van der Waals surface area (Å²) in [5, 5.41) is 0. The smallest absolute Gasteiger partial charge is 0.246 e. The Morgan fingerprint density at radius 1 is 1.00 bits per heavy atom. The molecule has 0 atom stereocenters. The molecule has 3 rings (SSSR count). The van der Waals surface area contributed by atoms with Crippen molar-refractivity contribution in [3.05, 3.63) is 53.6 Å². The van der Waals surface area contributed by atoms with E-state index in [0.717, 1.165) is 17.7 Å². The van der Waals surface area contributed by atoms with Crippen LogP contribution in [-0.2, 0) is 16.4 Å². The second kappa shape index (κ2) is 7.68. The van der Waals surface area contributed by atoms with Gasteiger partial charge in [0.2, 0.25) is 10.0 Å². The molecule has 0 unspecified atom stereocenters. The standard InChI is InChI=1S/C20H26N2O3S/c1-4-17-7-10-19(25-3)20(15-17)26(23,24)22-13-11-21(12-14-22)18-8-5-16(2)6-9-18/h5-10,15H,4,11-14H2,1-3H3. The van der Waals surface area contributed by atoms with Crippen LogP contribution >= 0.6 is 0 Å². The van der Waals surface area contributed by atoms with E-state index >= 15 is 0 Å². The fraction of sp³-hybridized carbons (Fsp3) is 0.400. The molecule has 0 amide bonds.